The van der Waals surface area contributed by atoms with E-state index in [-0.39, 0.29) is 6.09 Å². The lowest BCUT2D eigenvalue weighted by Crippen LogP contribution is -2.30. The largest absolute Gasteiger partial charge is 0.465 e. The van der Waals surface area contributed by atoms with Crippen molar-refractivity contribution in [3.63, 3.8) is 0 Å². The van der Waals surface area contributed by atoms with Crippen LogP contribution in [0.4, 0.5) is 21.0 Å². The summed E-state index contributed by atoms with van der Waals surface area (Å²) in [4.78, 5) is 22.9. The van der Waals surface area contributed by atoms with E-state index in [4.69, 9.17) is 5.11 Å². The first kappa shape index (κ1) is 18.0. The molecule has 0 bridgehead atoms. The Morgan fingerprint density at radius 3 is 2.00 bits per heavy atom. The number of hydrogen-bond donors (Lipinski definition) is 2. The van der Waals surface area contributed by atoms with Gasteiger partial charge in [0.05, 0.1) is 7.11 Å². The predicted octanol–water partition coefficient (Wildman–Crippen LogP) is 4.06. The average molecular weight is 316 g/mol. The summed E-state index contributed by atoms with van der Waals surface area (Å²) in [6.07, 6.45) is -1.36. The maximum atomic E-state index is 11.2. The smallest absolute Gasteiger partial charge is 0.413 e. The molecule has 6 nitrogen and oxygen atoms in total. The van der Waals surface area contributed by atoms with Crippen LogP contribution in [0.25, 0.3) is 0 Å². The summed E-state index contributed by atoms with van der Waals surface area (Å²) >= 11 is 0. The Morgan fingerprint density at radius 1 is 1.04 bits per heavy atom. The monoisotopic (exact) mass is 316 g/mol. The first-order valence-electron chi connectivity index (χ1n) is 7.04. The fraction of sp³-hybridized carbons (Fsp3) is 0.176. The second kappa shape index (κ2) is 9.83. The van der Waals surface area contributed by atoms with Gasteiger partial charge in [0.2, 0.25) is 0 Å². The maximum absolute atomic E-state index is 11.2. The van der Waals surface area contributed by atoms with Crippen molar-refractivity contribution in [1.82, 2.24) is 0 Å². The SMILES string of the molecule is CCN(C(=O)OC)c1ccccc1.O=C(O)Nc1ccccc1. The zero-order valence-electron chi connectivity index (χ0n) is 13.1. The highest BCUT2D eigenvalue weighted by Crippen LogP contribution is 2.13. The molecule has 0 saturated heterocycles. The summed E-state index contributed by atoms with van der Waals surface area (Å²) in [7, 11) is 1.38. The van der Waals surface area contributed by atoms with Crippen LogP contribution in [0.2, 0.25) is 0 Å². The van der Waals surface area contributed by atoms with Crippen molar-refractivity contribution >= 4 is 23.6 Å². The van der Waals surface area contributed by atoms with Crippen molar-refractivity contribution in [2.24, 2.45) is 0 Å². The molecule has 0 atom stereocenters. The number of benzene rings is 2. The Kier molecular flexibility index (Phi) is 7.71. The lowest BCUT2D eigenvalue weighted by Gasteiger charge is -2.18. The Morgan fingerprint density at radius 2 is 1.57 bits per heavy atom. The van der Waals surface area contributed by atoms with E-state index >= 15 is 0 Å². The molecule has 23 heavy (non-hydrogen) atoms. The third-order valence-corrected chi connectivity index (χ3v) is 2.80. The van der Waals surface area contributed by atoms with Crippen LogP contribution in [0.15, 0.2) is 60.7 Å². The minimum Gasteiger partial charge on any atom is -0.465 e. The first-order chi connectivity index (χ1) is 11.1. The quantitative estimate of drug-likeness (QED) is 0.895. The average Bonchev–Trinajstić information content (AvgIpc) is 2.57. The van der Waals surface area contributed by atoms with Gasteiger partial charge in [0.1, 0.15) is 0 Å². The molecule has 0 radical (unpaired) electrons. The van der Waals surface area contributed by atoms with Crippen molar-refractivity contribution in [3.8, 4) is 0 Å². The topological polar surface area (TPSA) is 78.9 Å². The summed E-state index contributed by atoms with van der Waals surface area (Å²) in [5.74, 6) is 0. The van der Waals surface area contributed by atoms with Crippen molar-refractivity contribution in [2.45, 2.75) is 6.92 Å². The molecule has 0 aliphatic heterocycles. The zero-order valence-corrected chi connectivity index (χ0v) is 13.1. The third kappa shape index (κ3) is 6.52. The number of para-hydroxylation sites is 2. The van der Waals surface area contributed by atoms with Crippen LogP contribution >= 0.6 is 0 Å². The predicted molar refractivity (Wildman–Crippen MR) is 90.0 cm³/mol. The van der Waals surface area contributed by atoms with Crippen LogP contribution in [0.5, 0.6) is 0 Å². The van der Waals surface area contributed by atoms with Crippen LogP contribution in [-0.4, -0.2) is 30.9 Å². The van der Waals surface area contributed by atoms with Crippen molar-refractivity contribution < 1.29 is 19.4 Å². The number of methoxy groups -OCH3 is 1. The Bertz CT molecular complexity index is 603. The summed E-state index contributed by atoms with van der Waals surface area (Å²) in [5, 5.41) is 10.5. The Labute approximate surface area is 135 Å². The van der Waals surface area contributed by atoms with Crippen molar-refractivity contribution in [3.05, 3.63) is 60.7 Å². The minimum atomic E-state index is -1.04. The van der Waals surface area contributed by atoms with Gasteiger partial charge in [0, 0.05) is 17.9 Å². The molecule has 0 saturated carbocycles. The zero-order chi connectivity index (χ0) is 17.1. The van der Waals surface area contributed by atoms with Gasteiger partial charge in [0.25, 0.3) is 0 Å². The molecule has 2 rings (SSSR count). The Balaban J connectivity index is 0.000000238. The molecule has 0 aromatic heterocycles. The fourth-order valence-corrected chi connectivity index (χ4v) is 1.78. The molecule has 122 valence electrons. The van der Waals surface area contributed by atoms with Crippen LogP contribution in [0.3, 0.4) is 0 Å². The molecule has 0 aliphatic rings. The molecule has 6 heteroatoms. The summed E-state index contributed by atoms with van der Waals surface area (Å²) < 4.78 is 4.64. The molecule has 2 amide bonds. The van der Waals surface area contributed by atoms with Gasteiger partial charge in [-0.15, -0.1) is 0 Å². The highest BCUT2D eigenvalue weighted by molar-refractivity contribution is 5.87. The van der Waals surface area contributed by atoms with Gasteiger partial charge in [0.15, 0.2) is 0 Å². The normalized spacial score (nSPS) is 9.13. The third-order valence-electron chi connectivity index (χ3n) is 2.80. The number of carbonyl (C=O) groups excluding carboxylic acids is 1. The molecular weight excluding hydrogens is 296 g/mol. The van der Waals surface area contributed by atoms with E-state index in [0.29, 0.717) is 12.2 Å². The van der Waals surface area contributed by atoms with E-state index in [9.17, 15) is 9.59 Å². The molecule has 2 N–H and O–H groups in total. The standard InChI is InChI=1S/C10H13NO2.C7H7NO2/c1-3-11(10(12)13-2)9-7-5-4-6-8-9;9-7(10)8-6-4-2-1-3-5-6/h4-8H,3H2,1-2H3;1-5,8H,(H,9,10). The van der Waals surface area contributed by atoms with E-state index in [1.807, 2.05) is 43.3 Å². The van der Waals surface area contributed by atoms with Crippen LogP contribution in [0, 0.1) is 0 Å². The number of nitrogens with zero attached hydrogens (tertiary/aromatic N) is 1. The molecule has 0 spiro atoms. The lowest BCUT2D eigenvalue weighted by atomic mass is 10.3. The van der Waals surface area contributed by atoms with E-state index in [1.54, 1.807) is 29.2 Å². The number of rotatable bonds is 3. The van der Waals surface area contributed by atoms with Gasteiger partial charge < -0.3 is 9.84 Å². The number of hydrogen-bond acceptors (Lipinski definition) is 3. The van der Waals surface area contributed by atoms with Gasteiger partial charge in [-0.25, -0.2) is 9.59 Å². The van der Waals surface area contributed by atoms with Gasteiger partial charge in [-0.2, -0.15) is 0 Å². The van der Waals surface area contributed by atoms with Crippen LogP contribution in [-0.2, 0) is 4.74 Å². The highest BCUT2D eigenvalue weighted by Gasteiger charge is 2.12. The second-order valence-electron chi connectivity index (χ2n) is 4.35. The number of nitrogens with one attached hydrogen (secondary N) is 1. The summed E-state index contributed by atoms with van der Waals surface area (Å²) in [6, 6.07) is 18.2. The fourth-order valence-electron chi connectivity index (χ4n) is 1.78. The number of ether oxygens (including phenoxy) is 1. The first-order valence-corrected chi connectivity index (χ1v) is 7.04. The number of carboxylic acid groups (broad SMARTS) is 1. The van der Waals surface area contributed by atoms with Gasteiger partial charge in [-0.05, 0) is 31.2 Å². The van der Waals surface area contributed by atoms with Crippen LogP contribution < -0.4 is 10.2 Å². The van der Waals surface area contributed by atoms with Gasteiger partial charge >= 0.3 is 12.2 Å². The number of anilines is 2. The van der Waals surface area contributed by atoms with Gasteiger partial charge in [-0.1, -0.05) is 36.4 Å². The molecular formula is C17H20N2O4. The van der Waals surface area contributed by atoms with E-state index in [1.165, 1.54) is 7.11 Å². The minimum absolute atomic E-state index is 0.325. The highest BCUT2D eigenvalue weighted by atomic mass is 16.5. The van der Waals surface area contributed by atoms with Gasteiger partial charge in [-0.3, -0.25) is 10.2 Å². The second-order valence-corrected chi connectivity index (χ2v) is 4.35. The molecule has 2 aromatic carbocycles. The molecule has 0 heterocycles. The van der Waals surface area contributed by atoms with E-state index < -0.39 is 6.09 Å². The molecule has 0 fully saturated rings. The molecule has 0 unspecified atom stereocenters. The molecule has 0 aliphatic carbocycles. The van der Waals surface area contributed by atoms with E-state index in [0.717, 1.165) is 5.69 Å². The molecule has 2 aromatic rings. The summed E-state index contributed by atoms with van der Waals surface area (Å²) in [5.41, 5.74) is 1.45. The number of carbonyl (C=O) groups is 2. The Hall–Kier alpha value is -3.02. The number of amides is 2. The van der Waals surface area contributed by atoms with Crippen molar-refractivity contribution in [2.75, 3.05) is 23.9 Å². The van der Waals surface area contributed by atoms with E-state index in [2.05, 4.69) is 10.1 Å². The van der Waals surface area contributed by atoms with Crippen LogP contribution in [0.1, 0.15) is 6.92 Å². The summed E-state index contributed by atoms with van der Waals surface area (Å²) in [6.45, 7) is 2.51. The maximum Gasteiger partial charge on any atom is 0.413 e. The van der Waals surface area contributed by atoms with Crippen molar-refractivity contribution in [1.29, 1.82) is 0 Å². The lowest BCUT2D eigenvalue weighted by molar-refractivity contribution is 0.179.